The molecule has 7 nitrogen and oxygen atoms in total. The molecule has 162 valence electrons. The third-order valence-electron chi connectivity index (χ3n) is 6.78. The molecule has 1 spiro atoms. The van der Waals surface area contributed by atoms with E-state index in [1.54, 1.807) is 32.9 Å². The van der Waals surface area contributed by atoms with Gasteiger partial charge < -0.3 is 24.1 Å². The molecule has 1 aromatic rings. The van der Waals surface area contributed by atoms with Gasteiger partial charge in [0.2, 0.25) is 12.1 Å². The fourth-order valence-corrected chi connectivity index (χ4v) is 5.21. The van der Waals surface area contributed by atoms with Gasteiger partial charge in [-0.2, -0.15) is 0 Å². The van der Waals surface area contributed by atoms with Crippen LogP contribution in [0.5, 0.6) is 0 Å². The van der Waals surface area contributed by atoms with Gasteiger partial charge in [0.05, 0.1) is 0 Å². The van der Waals surface area contributed by atoms with Gasteiger partial charge in [-0.15, -0.1) is 0 Å². The number of carbonyl (C=O) groups is 2. The van der Waals surface area contributed by atoms with Gasteiger partial charge in [0, 0.05) is 24.9 Å². The average molecular weight is 416 g/mol. The van der Waals surface area contributed by atoms with Gasteiger partial charge in [-0.3, -0.25) is 4.79 Å². The van der Waals surface area contributed by atoms with Crippen molar-refractivity contribution in [3.63, 3.8) is 0 Å². The second-order valence-electron chi connectivity index (χ2n) is 9.04. The second kappa shape index (κ2) is 6.99. The van der Waals surface area contributed by atoms with E-state index in [4.69, 9.17) is 18.9 Å². The molecule has 2 saturated heterocycles. The normalized spacial score (nSPS) is 37.9. The Kier molecular flexibility index (Phi) is 4.93. The van der Waals surface area contributed by atoms with Crippen LogP contribution in [-0.2, 0) is 28.5 Å². The van der Waals surface area contributed by atoms with Crippen molar-refractivity contribution in [3.05, 3.63) is 47.5 Å². The van der Waals surface area contributed by atoms with E-state index in [9.17, 15) is 14.7 Å². The summed E-state index contributed by atoms with van der Waals surface area (Å²) in [6.45, 7) is 7.16. The van der Waals surface area contributed by atoms with Crippen LogP contribution < -0.4 is 0 Å². The molecule has 2 heterocycles. The van der Waals surface area contributed by atoms with Crippen LogP contribution in [0.15, 0.2) is 42.0 Å². The van der Waals surface area contributed by atoms with Crippen LogP contribution in [0.2, 0.25) is 0 Å². The van der Waals surface area contributed by atoms with Gasteiger partial charge in [0.25, 0.3) is 0 Å². The number of carbonyl (C=O) groups excluding carboxylic acids is 2. The van der Waals surface area contributed by atoms with E-state index in [1.165, 1.54) is 13.2 Å². The van der Waals surface area contributed by atoms with Crippen molar-refractivity contribution in [3.8, 4) is 0 Å². The predicted molar refractivity (Wildman–Crippen MR) is 106 cm³/mol. The molecular weight excluding hydrogens is 388 g/mol. The number of ketones is 1. The smallest absolute Gasteiger partial charge is 0.342 e. The van der Waals surface area contributed by atoms with Gasteiger partial charge in [0.1, 0.15) is 11.7 Å². The van der Waals surface area contributed by atoms with Crippen LogP contribution >= 0.6 is 0 Å². The monoisotopic (exact) mass is 416 g/mol. The minimum atomic E-state index is -1.52. The lowest BCUT2D eigenvalue weighted by atomic mass is 9.61. The molecule has 3 aliphatic rings. The predicted octanol–water partition coefficient (Wildman–Crippen LogP) is 2.68. The van der Waals surface area contributed by atoms with E-state index in [2.05, 4.69) is 0 Å². The van der Waals surface area contributed by atoms with Crippen molar-refractivity contribution in [2.75, 3.05) is 7.11 Å². The highest BCUT2D eigenvalue weighted by atomic mass is 16.8. The Labute approximate surface area is 175 Å². The van der Waals surface area contributed by atoms with Crippen molar-refractivity contribution < 1.29 is 33.6 Å². The fourth-order valence-electron chi connectivity index (χ4n) is 5.21. The molecule has 0 radical (unpaired) electrons. The Morgan fingerprint density at radius 1 is 1.23 bits per heavy atom. The average Bonchev–Trinajstić information content (AvgIpc) is 3.06. The van der Waals surface area contributed by atoms with Gasteiger partial charge >= 0.3 is 5.97 Å². The van der Waals surface area contributed by atoms with Crippen molar-refractivity contribution in [1.82, 2.24) is 0 Å². The first-order valence-electron chi connectivity index (χ1n) is 10.2. The molecular formula is C23H28O7. The summed E-state index contributed by atoms with van der Waals surface area (Å²) in [7, 11) is 1.44. The van der Waals surface area contributed by atoms with Crippen LogP contribution in [0.4, 0.5) is 0 Å². The summed E-state index contributed by atoms with van der Waals surface area (Å²) >= 11 is 0. The van der Waals surface area contributed by atoms with E-state index in [1.807, 2.05) is 25.1 Å². The number of hydrogen-bond donors (Lipinski definition) is 1. The third kappa shape index (κ3) is 2.73. The van der Waals surface area contributed by atoms with Crippen LogP contribution in [-0.4, -0.2) is 47.8 Å². The Balaban J connectivity index is 1.59. The van der Waals surface area contributed by atoms with Crippen molar-refractivity contribution in [1.29, 1.82) is 0 Å². The molecule has 1 N–H and O–H groups in total. The highest BCUT2D eigenvalue weighted by Crippen LogP contribution is 2.62. The van der Waals surface area contributed by atoms with Gasteiger partial charge in [0.15, 0.2) is 11.9 Å². The molecule has 2 aliphatic heterocycles. The van der Waals surface area contributed by atoms with E-state index in [0.717, 1.165) is 0 Å². The lowest BCUT2D eigenvalue weighted by Crippen LogP contribution is -2.60. The minimum Gasteiger partial charge on any atom is -0.433 e. The molecule has 2 bridgehead atoms. The molecule has 30 heavy (non-hydrogen) atoms. The van der Waals surface area contributed by atoms with Crippen molar-refractivity contribution in [2.24, 2.45) is 11.3 Å². The zero-order chi connectivity index (χ0) is 21.9. The summed E-state index contributed by atoms with van der Waals surface area (Å²) in [6.07, 6.45) is -0.966. The highest BCUT2D eigenvalue weighted by molar-refractivity contribution is 5.97. The zero-order valence-electron chi connectivity index (χ0n) is 17.9. The summed E-state index contributed by atoms with van der Waals surface area (Å²) in [4.78, 5) is 25.4. The van der Waals surface area contributed by atoms with E-state index in [0.29, 0.717) is 11.1 Å². The summed E-state index contributed by atoms with van der Waals surface area (Å²) < 4.78 is 23.2. The summed E-state index contributed by atoms with van der Waals surface area (Å²) in [6, 6.07) is 9.04. The van der Waals surface area contributed by atoms with Gasteiger partial charge in [-0.25, -0.2) is 4.79 Å². The first kappa shape index (κ1) is 21.2. The standard InChI is InChI=1S/C23H28O7/c1-13-12-22(23(26)14(2)11-16(24)18(29-22)21(23,3)4)30-20(13)28-19(25)17(27-5)15-9-7-6-8-10-15/h6-11,13,17-18,20,26H,12H2,1-5H3/t13-,17-,18-,20-,22-,23-/m1/s1. The van der Waals surface area contributed by atoms with Gasteiger partial charge in [-0.1, -0.05) is 51.1 Å². The number of aliphatic hydroxyl groups is 1. The minimum absolute atomic E-state index is 0.195. The molecule has 7 heteroatoms. The van der Waals surface area contributed by atoms with Crippen molar-refractivity contribution >= 4 is 11.8 Å². The Morgan fingerprint density at radius 2 is 1.90 bits per heavy atom. The van der Waals surface area contributed by atoms with E-state index < -0.39 is 41.3 Å². The molecule has 1 aromatic carbocycles. The van der Waals surface area contributed by atoms with Crippen LogP contribution in [0, 0.1) is 11.3 Å². The number of rotatable bonds is 4. The summed E-state index contributed by atoms with van der Waals surface area (Å²) in [5.41, 5.74) is -1.25. The lowest BCUT2D eigenvalue weighted by Gasteiger charge is -2.45. The van der Waals surface area contributed by atoms with Crippen LogP contribution in [0.1, 0.15) is 45.8 Å². The number of ether oxygens (including phenoxy) is 4. The Morgan fingerprint density at radius 3 is 2.53 bits per heavy atom. The third-order valence-corrected chi connectivity index (χ3v) is 6.78. The number of benzene rings is 1. The molecule has 1 aliphatic carbocycles. The topological polar surface area (TPSA) is 91.3 Å². The van der Waals surface area contributed by atoms with Crippen LogP contribution in [0.3, 0.4) is 0 Å². The molecule has 0 amide bonds. The number of esters is 1. The molecule has 2 fully saturated rings. The number of fused-ring (bicyclic) bond motifs is 3. The Hall–Kier alpha value is -2.06. The Bertz CT molecular complexity index is 892. The maximum absolute atomic E-state index is 12.8. The quantitative estimate of drug-likeness (QED) is 0.755. The first-order valence-corrected chi connectivity index (χ1v) is 10.2. The molecule has 6 atom stereocenters. The maximum Gasteiger partial charge on any atom is 0.342 e. The lowest BCUT2D eigenvalue weighted by molar-refractivity contribution is -0.300. The SMILES string of the molecule is CO[C@@H](C(=O)O[C@@H]1O[C@@]2(C[C@H]1C)O[C@@H]1C(=O)C=C(C)[C@@]2(O)C1(C)C)c1ccccc1. The number of methoxy groups -OCH3 is 1. The summed E-state index contributed by atoms with van der Waals surface area (Å²) in [5, 5.41) is 11.8. The van der Waals surface area contributed by atoms with E-state index in [-0.39, 0.29) is 18.1 Å². The molecule has 0 aromatic heterocycles. The summed E-state index contributed by atoms with van der Waals surface area (Å²) in [5.74, 6) is -2.51. The van der Waals surface area contributed by atoms with Crippen LogP contribution in [0.25, 0.3) is 0 Å². The number of hydrogen-bond acceptors (Lipinski definition) is 7. The first-order chi connectivity index (χ1) is 14.1. The van der Waals surface area contributed by atoms with Crippen molar-refractivity contribution in [2.45, 2.75) is 64.0 Å². The fraction of sp³-hybridized carbons (Fsp3) is 0.565. The van der Waals surface area contributed by atoms with E-state index >= 15 is 0 Å². The molecule has 0 saturated carbocycles. The molecule has 4 rings (SSSR count). The largest absolute Gasteiger partial charge is 0.433 e. The molecule has 0 unspecified atom stereocenters. The zero-order valence-corrected chi connectivity index (χ0v) is 17.9. The highest BCUT2D eigenvalue weighted by Gasteiger charge is 2.76. The van der Waals surface area contributed by atoms with Gasteiger partial charge in [-0.05, 0) is 24.1 Å². The maximum atomic E-state index is 12.8. The second-order valence-corrected chi connectivity index (χ2v) is 9.04.